The van der Waals surface area contributed by atoms with E-state index in [4.69, 9.17) is 4.42 Å². The maximum absolute atomic E-state index is 12.7. The molecule has 2 saturated carbocycles. The van der Waals surface area contributed by atoms with Crippen molar-refractivity contribution in [2.45, 2.75) is 56.9 Å². The first-order valence-corrected chi connectivity index (χ1v) is 9.52. The lowest BCUT2D eigenvalue weighted by Crippen LogP contribution is -2.45. The van der Waals surface area contributed by atoms with Gasteiger partial charge in [-0.05, 0) is 50.5 Å². The minimum absolute atomic E-state index is 0.112. The standard InChI is InChI=1S/C18H24N6O2/c1-11(16(25)24-8-5-18(3-4-18)6-9-24)20-17-23-22-15(26-17)13-10-12(13)14-2-7-19-21-14/h2,7,11-13H,3-6,8-10H2,1H3,(H,19,21)(H,20,23). The van der Waals surface area contributed by atoms with Crippen molar-refractivity contribution in [3.8, 4) is 0 Å². The van der Waals surface area contributed by atoms with Crippen LogP contribution in [0.1, 0.15) is 62.4 Å². The van der Waals surface area contributed by atoms with Crippen molar-refractivity contribution in [1.82, 2.24) is 25.3 Å². The van der Waals surface area contributed by atoms with E-state index < -0.39 is 0 Å². The molecule has 138 valence electrons. The summed E-state index contributed by atoms with van der Waals surface area (Å²) in [6.07, 6.45) is 7.77. The number of aromatic amines is 1. The Balaban J connectivity index is 1.16. The summed E-state index contributed by atoms with van der Waals surface area (Å²) in [4.78, 5) is 14.6. The monoisotopic (exact) mass is 356 g/mol. The van der Waals surface area contributed by atoms with Crippen LogP contribution in [-0.4, -0.2) is 50.3 Å². The third-order valence-corrected chi connectivity index (χ3v) is 6.25. The number of piperidine rings is 1. The molecule has 2 aromatic rings. The van der Waals surface area contributed by atoms with Gasteiger partial charge in [-0.2, -0.15) is 5.10 Å². The van der Waals surface area contributed by atoms with Crippen molar-refractivity contribution in [3.63, 3.8) is 0 Å². The van der Waals surface area contributed by atoms with Crippen LogP contribution in [0.15, 0.2) is 16.7 Å². The molecule has 0 radical (unpaired) electrons. The summed E-state index contributed by atoms with van der Waals surface area (Å²) in [6, 6.07) is 1.94. The van der Waals surface area contributed by atoms with Crippen molar-refractivity contribution in [2.24, 2.45) is 5.41 Å². The van der Waals surface area contributed by atoms with E-state index in [0.717, 1.165) is 38.0 Å². The van der Waals surface area contributed by atoms with Crippen molar-refractivity contribution in [1.29, 1.82) is 0 Å². The van der Waals surface area contributed by atoms with Crippen molar-refractivity contribution in [3.05, 3.63) is 23.8 Å². The molecule has 3 heterocycles. The maximum atomic E-state index is 12.7. The van der Waals surface area contributed by atoms with Crippen LogP contribution in [0.2, 0.25) is 0 Å². The predicted octanol–water partition coefficient (Wildman–Crippen LogP) is 2.27. The van der Waals surface area contributed by atoms with E-state index in [1.54, 1.807) is 0 Å². The van der Waals surface area contributed by atoms with E-state index in [1.807, 2.05) is 24.1 Å². The molecule has 5 rings (SSSR count). The number of H-pyrrole nitrogens is 1. The fourth-order valence-corrected chi connectivity index (χ4v) is 4.11. The zero-order valence-electron chi connectivity index (χ0n) is 14.9. The second kappa shape index (κ2) is 5.82. The Morgan fingerprint density at radius 1 is 1.31 bits per heavy atom. The molecule has 3 fully saturated rings. The third kappa shape index (κ3) is 2.87. The topological polar surface area (TPSA) is 99.9 Å². The summed E-state index contributed by atoms with van der Waals surface area (Å²) < 4.78 is 5.75. The summed E-state index contributed by atoms with van der Waals surface area (Å²) >= 11 is 0. The molecular formula is C18H24N6O2. The second-order valence-corrected chi connectivity index (χ2v) is 8.08. The van der Waals surface area contributed by atoms with E-state index in [2.05, 4.69) is 25.7 Å². The summed E-state index contributed by atoms with van der Waals surface area (Å²) in [7, 11) is 0. The molecule has 2 N–H and O–H groups in total. The molecule has 2 aliphatic carbocycles. The molecule has 26 heavy (non-hydrogen) atoms. The number of likely N-dealkylation sites (tertiary alicyclic amines) is 1. The SMILES string of the molecule is CC(Nc1nnc(C2CC2c2cc[nH]n2)o1)C(=O)N1CCC2(CC1)CC2. The van der Waals surface area contributed by atoms with Gasteiger partial charge < -0.3 is 14.6 Å². The van der Waals surface area contributed by atoms with Gasteiger partial charge in [0.25, 0.3) is 0 Å². The van der Waals surface area contributed by atoms with Crippen molar-refractivity contribution >= 4 is 11.9 Å². The fraction of sp³-hybridized carbons (Fsp3) is 0.667. The number of anilines is 1. The van der Waals surface area contributed by atoms with Crippen molar-refractivity contribution < 1.29 is 9.21 Å². The Kier molecular flexibility index (Phi) is 3.55. The number of carbonyl (C=O) groups is 1. The number of nitrogens with zero attached hydrogens (tertiary/aromatic N) is 4. The number of rotatable bonds is 5. The largest absolute Gasteiger partial charge is 0.408 e. The first kappa shape index (κ1) is 15.8. The van der Waals surface area contributed by atoms with E-state index in [1.165, 1.54) is 12.8 Å². The number of hydrogen-bond donors (Lipinski definition) is 2. The fourth-order valence-electron chi connectivity index (χ4n) is 4.11. The van der Waals surface area contributed by atoms with Gasteiger partial charge in [-0.3, -0.25) is 9.89 Å². The van der Waals surface area contributed by atoms with Gasteiger partial charge in [0.1, 0.15) is 6.04 Å². The van der Waals surface area contributed by atoms with Crippen LogP contribution in [0.25, 0.3) is 0 Å². The highest BCUT2D eigenvalue weighted by Gasteiger charge is 2.46. The lowest BCUT2D eigenvalue weighted by atomic mass is 9.93. The molecule has 0 aromatic carbocycles. The van der Waals surface area contributed by atoms with Gasteiger partial charge in [0.15, 0.2) is 0 Å². The highest BCUT2D eigenvalue weighted by Crippen LogP contribution is 2.54. The molecule has 8 nitrogen and oxygen atoms in total. The lowest BCUT2D eigenvalue weighted by Gasteiger charge is -2.33. The molecule has 8 heteroatoms. The Bertz CT molecular complexity index is 786. The van der Waals surface area contributed by atoms with E-state index in [9.17, 15) is 4.79 Å². The molecule has 1 aliphatic heterocycles. The first-order valence-electron chi connectivity index (χ1n) is 9.52. The molecule has 3 unspecified atom stereocenters. The van der Waals surface area contributed by atoms with E-state index in [-0.39, 0.29) is 17.9 Å². The third-order valence-electron chi connectivity index (χ3n) is 6.25. The minimum atomic E-state index is -0.363. The number of amides is 1. The number of aromatic nitrogens is 4. The van der Waals surface area contributed by atoms with Crippen LogP contribution < -0.4 is 5.32 Å². The smallest absolute Gasteiger partial charge is 0.316 e. The normalized spacial score (nSPS) is 27.3. The average molecular weight is 356 g/mol. The van der Waals surface area contributed by atoms with Crippen LogP contribution in [0, 0.1) is 5.41 Å². The summed E-state index contributed by atoms with van der Waals surface area (Å²) in [5, 5.41) is 18.3. The van der Waals surface area contributed by atoms with Crippen LogP contribution in [0.4, 0.5) is 6.01 Å². The van der Waals surface area contributed by atoms with Crippen LogP contribution >= 0.6 is 0 Å². The van der Waals surface area contributed by atoms with Crippen LogP contribution in [-0.2, 0) is 4.79 Å². The summed E-state index contributed by atoms with van der Waals surface area (Å²) in [5.41, 5.74) is 1.61. The highest BCUT2D eigenvalue weighted by atomic mass is 16.4. The summed E-state index contributed by atoms with van der Waals surface area (Å²) in [6.45, 7) is 3.60. The van der Waals surface area contributed by atoms with E-state index in [0.29, 0.717) is 23.2 Å². The average Bonchev–Trinajstić information content (AvgIpc) is 3.48. The van der Waals surface area contributed by atoms with Crippen LogP contribution in [0.3, 0.4) is 0 Å². The van der Waals surface area contributed by atoms with Gasteiger partial charge in [-0.25, -0.2) is 0 Å². The number of nitrogens with one attached hydrogen (secondary N) is 2. The van der Waals surface area contributed by atoms with E-state index >= 15 is 0 Å². The molecule has 1 amide bonds. The molecule has 1 saturated heterocycles. The molecular weight excluding hydrogens is 332 g/mol. The molecule has 1 spiro atoms. The van der Waals surface area contributed by atoms with Gasteiger partial charge in [-0.1, -0.05) is 5.10 Å². The molecule has 2 aromatic heterocycles. The first-order chi connectivity index (χ1) is 12.6. The number of carbonyl (C=O) groups excluding carboxylic acids is 1. The Morgan fingerprint density at radius 2 is 2.12 bits per heavy atom. The summed E-state index contributed by atoms with van der Waals surface area (Å²) in [5.74, 6) is 1.30. The van der Waals surface area contributed by atoms with Gasteiger partial charge in [0, 0.05) is 31.1 Å². The van der Waals surface area contributed by atoms with Crippen molar-refractivity contribution in [2.75, 3.05) is 18.4 Å². The quantitative estimate of drug-likeness (QED) is 0.852. The zero-order valence-corrected chi connectivity index (χ0v) is 14.9. The van der Waals surface area contributed by atoms with Gasteiger partial charge in [0.05, 0.1) is 5.69 Å². The Labute approximate surface area is 151 Å². The van der Waals surface area contributed by atoms with Gasteiger partial charge in [0.2, 0.25) is 11.8 Å². The minimum Gasteiger partial charge on any atom is -0.408 e. The highest BCUT2D eigenvalue weighted by molar-refractivity contribution is 5.83. The maximum Gasteiger partial charge on any atom is 0.316 e. The predicted molar refractivity (Wildman–Crippen MR) is 93.6 cm³/mol. The molecule has 3 aliphatic rings. The van der Waals surface area contributed by atoms with Gasteiger partial charge in [-0.15, -0.1) is 5.10 Å². The molecule has 0 bridgehead atoms. The zero-order chi connectivity index (χ0) is 17.7. The second-order valence-electron chi connectivity index (χ2n) is 8.08. The molecule has 3 atom stereocenters. The van der Waals surface area contributed by atoms with Crippen LogP contribution in [0.5, 0.6) is 0 Å². The van der Waals surface area contributed by atoms with Gasteiger partial charge >= 0.3 is 6.01 Å². The lowest BCUT2D eigenvalue weighted by molar-refractivity contribution is -0.133. The Morgan fingerprint density at radius 3 is 2.81 bits per heavy atom. The Hall–Kier alpha value is -2.38. The number of hydrogen-bond acceptors (Lipinski definition) is 6.